The van der Waals surface area contributed by atoms with Crippen LogP contribution in [0.5, 0.6) is 0 Å². The maximum atomic E-state index is 2.17. The van der Waals surface area contributed by atoms with E-state index < -0.39 is 0 Å². The molecule has 0 N–H and O–H groups in total. The van der Waals surface area contributed by atoms with Crippen molar-refractivity contribution in [2.75, 3.05) is 0 Å². The molecule has 0 radical (unpaired) electrons. The van der Waals surface area contributed by atoms with Gasteiger partial charge in [0.25, 0.3) is 0 Å². The van der Waals surface area contributed by atoms with Crippen molar-refractivity contribution in [3.05, 3.63) is 0 Å². The fraction of sp³-hybridized carbons (Fsp3) is 1.00. The second-order valence-corrected chi connectivity index (χ2v) is 1.73. The maximum absolute atomic E-state index is 2.17. The Kier molecular flexibility index (Phi) is 9.38. The minimum absolute atomic E-state index is 0. The molecule has 26 valence electrons. The summed E-state index contributed by atoms with van der Waals surface area (Å²) in [6.45, 7) is 6.50. The van der Waals surface area contributed by atoms with E-state index in [0.29, 0.717) is 0 Å². The number of hydrogen-bond donors (Lipinski definition) is 0. The Morgan fingerprint density at radius 3 is 1.00 bits per heavy atom. The molecule has 5 heavy (non-hydrogen) atoms. The van der Waals surface area contributed by atoms with Crippen LogP contribution in [0.25, 0.3) is 0 Å². The van der Waals surface area contributed by atoms with Crippen molar-refractivity contribution in [1.82, 2.24) is 0 Å². The first-order valence-electron chi connectivity index (χ1n) is 1.73. The van der Waals surface area contributed by atoms with Crippen molar-refractivity contribution in [1.29, 1.82) is 0 Å². The van der Waals surface area contributed by atoms with E-state index in [1.165, 1.54) is 0 Å². The summed E-state index contributed by atoms with van der Waals surface area (Å²) in [7, 11) is 0. The molecule has 0 unspecified atom stereocenters. The average Bonchev–Trinajstić information content (AvgIpc) is 0.811. The minimum atomic E-state index is 0. The molecule has 0 saturated carbocycles. The molecule has 0 aliphatic heterocycles. The number of hydrogen-bond acceptors (Lipinski definition) is 0. The van der Waals surface area contributed by atoms with E-state index in [1.807, 2.05) is 0 Å². The second kappa shape index (κ2) is 5.00. The smallest absolute Gasteiger partial charge is 0.0630 e. The molecule has 0 fully saturated rings. The van der Waals surface area contributed by atoms with E-state index >= 15 is 0 Å². The van der Waals surface area contributed by atoms with E-state index in [4.69, 9.17) is 0 Å². The number of rotatable bonds is 0. The van der Waals surface area contributed by atoms with Crippen LogP contribution in [0.15, 0.2) is 0 Å². The zero-order chi connectivity index (χ0) is 3.58. The average molecular weight is 81.1 g/mol. The predicted molar refractivity (Wildman–Crippen MR) is 20.5 cm³/mol. The fourth-order valence-electron chi connectivity index (χ4n) is 0. The van der Waals surface area contributed by atoms with Gasteiger partial charge in [0.05, 0.1) is 0 Å². The Bertz CT molecular complexity index is 8.36. The van der Waals surface area contributed by atoms with Gasteiger partial charge in [0.15, 0.2) is 0 Å². The Balaban J connectivity index is 0. The van der Waals surface area contributed by atoms with E-state index in [-0.39, 0.29) is 29.6 Å². The van der Waals surface area contributed by atoms with Gasteiger partial charge in [0.1, 0.15) is 0 Å². The van der Waals surface area contributed by atoms with E-state index in [0.717, 1.165) is 5.92 Å². The molecule has 0 aromatic heterocycles. The van der Waals surface area contributed by atoms with Crippen LogP contribution in [0.2, 0.25) is 0 Å². The van der Waals surface area contributed by atoms with Crippen molar-refractivity contribution in [3.8, 4) is 0 Å². The molecule has 0 heterocycles. The topological polar surface area (TPSA) is 0 Å². The van der Waals surface area contributed by atoms with Crippen LogP contribution in [0, 0.1) is 5.92 Å². The van der Waals surface area contributed by atoms with Crippen LogP contribution >= 0.6 is 0 Å². The van der Waals surface area contributed by atoms with Crippen LogP contribution in [0.3, 0.4) is 0 Å². The molecule has 0 aliphatic carbocycles. The summed E-state index contributed by atoms with van der Waals surface area (Å²) in [4.78, 5) is 0. The van der Waals surface area contributed by atoms with Gasteiger partial charge in [-0.2, -0.15) is 0 Å². The summed E-state index contributed by atoms with van der Waals surface area (Å²) in [6, 6.07) is 0. The summed E-state index contributed by atoms with van der Waals surface area (Å²) in [5.74, 6) is 0.833. The van der Waals surface area contributed by atoms with E-state index in [9.17, 15) is 0 Å². The molecule has 0 rings (SSSR count). The van der Waals surface area contributed by atoms with Crippen LogP contribution in [0.4, 0.5) is 0 Å². The van der Waals surface area contributed by atoms with Gasteiger partial charge in [-0.1, -0.05) is 20.8 Å². The van der Waals surface area contributed by atoms with Crippen molar-refractivity contribution < 1.29 is 29.6 Å². The van der Waals surface area contributed by atoms with E-state index in [1.54, 1.807) is 0 Å². The standard InChI is InChI=1S/C4H10.Na/c1-4(2)3;/h4H,1-3H3;/q;+1. The maximum Gasteiger partial charge on any atom is 1.00 e. The molecule has 0 aromatic rings. The van der Waals surface area contributed by atoms with Crippen LogP contribution < -0.4 is 29.6 Å². The molecule has 0 spiro atoms. The summed E-state index contributed by atoms with van der Waals surface area (Å²) in [5, 5.41) is 0. The van der Waals surface area contributed by atoms with Gasteiger partial charge in [-0.05, 0) is 5.92 Å². The Hall–Kier alpha value is 1.00. The first-order chi connectivity index (χ1) is 1.73. The van der Waals surface area contributed by atoms with Crippen LogP contribution in [-0.2, 0) is 0 Å². The molecule has 0 saturated heterocycles. The molecule has 1 heteroatoms. The van der Waals surface area contributed by atoms with Crippen LogP contribution in [0.1, 0.15) is 20.8 Å². The SMILES string of the molecule is CC(C)C.[Na+]. The minimum Gasteiger partial charge on any atom is -0.0630 e. The summed E-state index contributed by atoms with van der Waals surface area (Å²) in [5.41, 5.74) is 0. The normalized spacial score (nSPS) is 7.20. The summed E-state index contributed by atoms with van der Waals surface area (Å²) >= 11 is 0. The van der Waals surface area contributed by atoms with Crippen molar-refractivity contribution in [2.45, 2.75) is 20.8 Å². The van der Waals surface area contributed by atoms with E-state index in [2.05, 4.69) is 20.8 Å². The monoisotopic (exact) mass is 81.1 g/mol. The largest absolute Gasteiger partial charge is 1.00 e. The van der Waals surface area contributed by atoms with Crippen LogP contribution in [-0.4, -0.2) is 0 Å². The summed E-state index contributed by atoms with van der Waals surface area (Å²) < 4.78 is 0. The van der Waals surface area contributed by atoms with Gasteiger partial charge < -0.3 is 0 Å². The van der Waals surface area contributed by atoms with Gasteiger partial charge in [-0.25, -0.2) is 0 Å². The van der Waals surface area contributed by atoms with Gasteiger partial charge in [0, 0.05) is 0 Å². The molecule has 0 atom stereocenters. The molecule has 0 nitrogen and oxygen atoms in total. The van der Waals surface area contributed by atoms with Crippen molar-refractivity contribution in [3.63, 3.8) is 0 Å². The third-order valence-corrected chi connectivity index (χ3v) is 0. The molecular weight excluding hydrogens is 71.0 g/mol. The van der Waals surface area contributed by atoms with Crippen molar-refractivity contribution >= 4 is 0 Å². The second-order valence-electron chi connectivity index (χ2n) is 1.73. The molecule has 0 amide bonds. The third kappa shape index (κ3) is 45.0. The van der Waals surface area contributed by atoms with Gasteiger partial charge in [0.2, 0.25) is 0 Å². The molecule has 0 bridgehead atoms. The molecule has 0 aromatic carbocycles. The Morgan fingerprint density at radius 1 is 1.00 bits per heavy atom. The third-order valence-electron chi connectivity index (χ3n) is 0. The first-order valence-corrected chi connectivity index (χ1v) is 1.73. The zero-order valence-corrected chi connectivity index (χ0v) is 6.58. The molecular formula is C4H10Na+. The van der Waals surface area contributed by atoms with Crippen molar-refractivity contribution in [2.24, 2.45) is 5.92 Å². The van der Waals surface area contributed by atoms with Gasteiger partial charge in [-0.3, -0.25) is 0 Å². The predicted octanol–water partition coefficient (Wildman–Crippen LogP) is -1.33. The molecule has 0 aliphatic rings. The summed E-state index contributed by atoms with van der Waals surface area (Å²) in [6.07, 6.45) is 0. The van der Waals surface area contributed by atoms with Gasteiger partial charge in [-0.15, -0.1) is 0 Å². The quantitative estimate of drug-likeness (QED) is 0.317. The first kappa shape index (κ1) is 9.38. The fourth-order valence-corrected chi connectivity index (χ4v) is 0. The Labute approximate surface area is 56.2 Å². The zero-order valence-electron chi connectivity index (χ0n) is 4.58. The van der Waals surface area contributed by atoms with Gasteiger partial charge >= 0.3 is 29.6 Å². The Morgan fingerprint density at radius 2 is 1.00 bits per heavy atom.